The summed E-state index contributed by atoms with van der Waals surface area (Å²) in [6, 6.07) is 0. The van der Waals surface area contributed by atoms with Crippen LogP contribution in [0.5, 0.6) is 0 Å². The number of thiocarbonyl (C=S) groups is 1. The van der Waals surface area contributed by atoms with Gasteiger partial charge in [0, 0.05) is 10.9 Å². The third-order valence-electron chi connectivity index (χ3n) is 1.52. The third-order valence-corrected chi connectivity index (χ3v) is 1.76. The van der Waals surface area contributed by atoms with Gasteiger partial charge >= 0.3 is 29.6 Å². The predicted molar refractivity (Wildman–Crippen MR) is 53.7 cm³/mol. The van der Waals surface area contributed by atoms with Crippen molar-refractivity contribution in [3.63, 3.8) is 0 Å². The zero-order valence-electron chi connectivity index (χ0n) is 8.00. The van der Waals surface area contributed by atoms with Crippen LogP contribution in [0.25, 0.3) is 0 Å². The van der Waals surface area contributed by atoms with Crippen LogP contribution >= 0.6 is 12.2 Å². The Labute approximate surface area is 108 Å². The molecule has 0 aliphatic carbocycles. The summed E-state index contributed by atoms with van der Waals surface area (Å²) < 4.78 is 5.20. The van der Waals surface area contributed by atoms with Gasteiger partial charge in [0.2, 0.25) is 0 Å². The van der Waals surface area contributed by atoms with Gasteiger partial charge in [0.1, 0.15) is 0 Å². The molecule has 2 nitrogen and oxygen atoms in total. The minimum atomic E-state index is 0. The molecule has 0 aromatic heterocycles. The minimum Gasteiger partial charge on any atom is -0.512 e. The Morgan fingerprint density at radius 1 is 1.42 bits per heavy atom. The van der Waals surface area contributed by atoms with Crippen molar-refractivity contribution in [2.75, 3.05) is 26.2 Å². The van der Waals surface area contributed by atoms with E-state index in [1.165, 1.54) is 0 Å². The van der Waals surface area contributed by atoms with Gasteiger partial charge in [0.15, 0.2) is 0 Å². The van der Waals surface area contributed by atoms with E-state index in [9.17, 15) is 0 Å². The summed E-state index contributed by atoms with van der Waals surface area (Å²) in [5.74, 6) is 0. The summed E-state index contributed by atoms with van der Waals surface area (Å²) in [7, 11) is 0. The summed E-state index contributed by atoms with van der Waals surface area (Å²) in [6.45, 7) is 7.85. The first-order chi connectivity index (χ1) is 5.20. The molecule has 0 aliphatic rings. The van der Waals surface area contributed by atoms with Gasteiger partial charge in [-0.05, 0) is 13.1 Å². The van der Waals surface area contributed by atoms with Crippen molar-refractivity contribution in [1.29, 1.82) is 0 Å². The smallest absolute Gasteiger partial charge is 0.512 e. The van der Waals surface area contributed by atoms with E-state index in [0.29, 0.717) is 6.61 Å². The van der Waals surface area contributed by atoms with E-state index in [-0.39, 0.29) is 33.9 Å². The average Bonchev–Trinajstić information content (AvgIpc) is 1.98. The minimum absolute atomic E-state index is 0. The van der Waals surface area contributed by atoms with E-state index >= 15 is 0 Å². The van der Waals surface area contributed by atoms with E-state index in [0.717, 1.165) is 19.6 Å². The summed E-state index contributed by atoms with van der Waals surface area (Å²) in [5, 5.41) is 0. The molecule has 0 saturated heterocycles. The van der Waals surface area contributed by atoms with E-state index in [2.05, 4.69) is 43.6 Å². The normalized spacial score (nSPS) is 9.25. The van der Waals surface area contributed by atoms with Gasteiger partial charge in [0.25, 0.3) is 0 Å². The molecule has 0 spiro atoms. The number of rotatable bonds is 5. The van der Waals surface area contributed by atoms with Crippen molar-refractivity contribution in [2.45, 2.75) is 13.8 Å². The molecule has 66 valence electrons. The van der Waals surface area contributed by atoms with E-state index < -0.39 is 0 Å². The predicted octanol–water partition coefficient (Wildman–Crippen LogP) is -1.82. The second kappa shape index (κ2) is 10.2. The van der Waals surface area contributed by atoms with E-state index in [1.807, 2.05) is 0 Å². The Bertz CT molecular complexity index is 120. The summed E-state index contributed by atoms with van der Waals surface area (Å²) >= 11 is 9.19. The molecular weight excluding hydrogens is 201 g/mol. The first kappa shape index (κ1) is 15.5. The standard InChI is InChI=1S/C7H15NOS2.Na/c1-3-8(4-2)5-6-9-7(10)11;/h3-6H2,1-2H3,(H,10,11);/q;+1/p-1. The van der Waals surface area contributed by atoms with Crippen molar-refractivity contribution in [3.05, 3.63) is 0 Å². The molecule has 0 heterocycles. The van der Waals surface area contributed by atoms with Gasteiger partial charge in [-0.2, -0.15) is 0 Å². The molecule has 0 unspecified atom stereocenters. The molecule has 0 aromatic carbocycles. The quantitative estimate of drug-likeness (QED) is 0.304. The van der Waals surface area contributed by atoms with Crippen LogP contribution in [0.3, 0.4) is 0 Å². The van der Waals surface area contributed by atoms with Crippen LogP contribution in [0.15, 0.2) is 0 Å². The molecule has 0 radical (unpaired) electrons. The maximum Gasteiger partial charge on any atom is 1.00 e. The fourth-order valence-corrected chi connectivity index (χ4v) is 0.965. The van der Waals surface area contributed by atoms with Gasteiger partial charge in [0.05, 0.1) is 6.61 Å². The molecule has 0 aromatic rings. The summed E-state index contributed by atoms with van der Waals surface area (Å²) in [4.78, 5) is 2.26. The first-order valence-electron chi connectivity index (χ1n) is 3.76. The first-order valence-corrected chi connectivity index (χ1v) is 4.58. The molecule has 0 fully saturated rings. The molecule has 12 heavy (non-hydrogen) atoms. The van der Waals surface area contributed by atoms with Crippen molar-refractivity contribution < 1.29 is 34.3 Å². The van der Waals surface area contributed by atoms with Crippen LogP contribution in [-0.2, 0) is 17.4 Å². The average molecular weight is 215 g/mol. The number of likely N-dealkylation sites (N-methyl/N-ethyl adjacent to an activating group) is 1. The van der Waals surface area contributed by atoms with Crippen LogP contribution < -0.4 is 29.6 Å². The molecular formula is C7H14NNaOS2. The fourth-order valence-electron chi connectivity index (χ4n) is 0.798. The number of hydrogen-bond donors (Lipinski definition) is 0. The maximum absolute atomic E-state index is 4.98. The van der Waals surface area contributed by atoms with Crippen LogP contribution in [0.4, 0.5) is 0 Å². The van der Waals surface area contributed by atoms with Crippen LogP contribution in [0, 0.1) is 0 Å². The van der Waals surface area contributed by atoms with Crippen LogP contribution in [0.1, 0.15) is 13.8 Å². The Balaban J connectivity index is 0. The SMILES string of the molecule is CCN(CC)CCOC(=S)[S-].[Na+]. The maximum atomic E-state index is 4.98. The van der Waals surface area contributed by atoms with Gasteiger partial charge in [-0.15, -0.1) is 0 Å². The summed E-state index contributed by atoms with van der Waals surface area (Å²) in [6.07, 6.45) is 0. The molecule has 0 aliphatic heterocycles. The van der Waals surface area contributed by atoms with Gasteiger partial charge in [-0.3, -0.25) is 0 Å². The fraction of sp³-hybridized carbons (Fsp3) is 0.857. The number of ether oxygens (including phenoxy) is 1. The third kappa shape index (κ3) is 9.16. The van der Waals surface area contributed by atoms with Crippen LogP contribution in [-0.4, -0.2) is 35.5 Å². The Morgan fingerprint density at radius 3 is 2.25 bits per heavy atom. The second-order valence-corrected chi connectivity index (χ2v) is 3.13. The van der Waals surface area contributed by atoms with Gasteiger partial charge in [-0.25, -0.2) is 0 Å². The van der Waals surface area contributed by atoms with E-state index in [4.69, 9.17) is 4.74 Å². The van der Waals surface area contributed by atoms with Crippen molar-refractivity contribution in [2.24, 2.45) is 0 Å². The van der Waals surface area contributed by atoms with Crippen molar-refractivity contribution >= 4 is 29.2 Å². The Hall–Kier alpha value is 1.07. The number of nitrogens with zero attached hydrogens (tertiary/aromatic N) is 1. The zero-order valence-corrected chi connectivity index (χ0v) is 11.6. The van der Waals surface area contributed by atoms with Gasteiger partial charge < -0.3 is 34.5 Å². The molecule has 5 heteroatoms. The topological polar surface area (TPSA) is 12.5 Å². The largest absolute Gasteiger partial charge is 1.00 e. The molecule has 0 amide bonds. The number of hydrogen-bond acceptors (Lipinski definition) is 4. The monoisotopic (exact) mass is 215 g/mol. The van der Waals surface area contributed by atoms with Crippen molar-refractivity contribution in [3.8, 4) is 0 Å². The molecule has 0 saturated carbocycles. The zero-order chi connectivity index (χ0) is 8.69. The van der Waals surface area contributed by atoms with Crippen molar-refractivity contribution in [1.82, 2.24) is 4.90 Å². The summed E-state index contributed by atoms with van der Waals surface area (Å²) in [5.41, 5.74) is 0. The Kier molecular flexibility index (Phi) is 13.1. The van der Waals surface area contributed by atoms with Crippen LogP contribution in [0.2, 0.25) is 0 Å². The molecule has 0 atom stereocenters. The van der Waals surface area contributed by atoms with E-state index in [1.54, 1.807) is 0 Å². The molecule has 0 bridgehead atoms. The molecule has 0 rings (SSSR count). The molecule has 0 N–H and O–H groups in total. The Morgan fingerprint density at radius 2 is 1.92 bits per heavy atom. The second-order valence-electron chi connectivity index (χ2n) is 2.13. The van der Waals surface area contributed by atoms with Gasteiger partial charge in [-0.1, -0.05) is 13.8 Å².